The van der Waals surface area contributed by atoms with Gasteiger partial charge in [-0.1, -0.05) is 0 Å². The average molecular weight is 257 g/mol. The summed E-state index contributed by atoms with van der Waals surface area (Å²) in [6.45, 7) is -3.07. The maximum Gasteiger partial charge on any atom is 0.388 e. The normalized spacial score (nSPS) is 10.5. The molecule has 0 unspecified atom stereocenters. The lowest BCUT2D eigenvalue weighted by atomic mass is 10.4. The number of anilines is 1. The first-order valence-electron chi connectivity index (χ1n) is 3.06. The van der Waals surface area contributed by atoms with Crippen LogP contribution in [0.2, 0.25) is 0 Å². The molecule has 0 aliphatic rings. The van der Waals surface area contributed by atoms with Crippen molar-refractivity contribution in [2.45, 2.75) is 6.61 Å². The number of halogens is 4. The minimum Gasteiger partial charge on any atom is -0.415 e. The third kappa shape index (κ3) is 2.24. The molecule has 1 heterocycles. The molecule has 72 valence electrons. The molecule has 13 heavy (non-hydrogen) atoms. The van der Waals surface area contributed by atoms with Crippen LogP contribution < -0.4 is 10.5 Å². The molecule has 7 heteroatoms. The summed E-state index contributed by atoms with van der Waals surface area (Å²) in [5, 5.41) is 0. The van der Waals surface area contributed by atoms with Crippen molar-refractivity contribution in [2.24, 2.45) is 0 Å². The maximum atomic E-state index is 12.9. The van der Waals surface area contributed by atoms with Crippen LogP contribution in [0, 0.1) is 5.82 Å². The van der Waals surface area contributed by atoms with Gasteiger partial charge in [0.1, 0.15) is 5.69 Å². The van der Waals surface area contributed by atoms with Gasteiger partial charge < -0.3 is 10.5 Å². The van der Waals surface area contributed by atoms with E-state index in [0.29, 0.717) is 0 Å². The highest BCUT2D eigenvalue weighted by Crippen LogP contribution is 2.27. The van der Waals surface area contributed by atoms with Crippen molar-refractivity contribution in [3.8, 4) is 5.88 Å². The van der Waals surface area contributed by atoms with Gasteiger partial charge in [-0.05, 0) is 15.9 Å². The highest BCUT2D eigenvalue weighted by atomic mass is 79.9. The first-order chi connectivity index (χ1) is 6.02. The number of pyridine rings is 1. The quantitative estimate of drug-likeness (QED) is 0.883. The van der Waals surface area contributed by atoms with E-state index in [1.54, 1.807) is 0 Å². The summed E-state index contributed by atoms with van der Waals surface area (Å²) in [6.07, 6.45) is 0.989. The van der Waals surface area contributed by atoms with Gasteiger partial charge in [-0.15, -0.1) is 0 Å². The Morgan fingerprint density at radius 3 is 2.69 bits per heavy atom. The molecule has 0 saturated heterocycles. The first kappa shape index (κ1) is 10.1. The Morgan fingerprint density at radius 2 is 2.15 bits per heavy atom. The number of hydrogen-bond donors (Lipinski definition) is 1. The molecule has 0 aromatic carbocycles. The summed E-state index contributed by atoms with van der Waals surface area (Å²) in [6, 6.07) is 0. The van der Waals surface area contributed by atoms with Crippen molar-refractivity contribution in [1.82, 2.24) is 4.98 Å². The molecular weight excluding hydrogens is 253 g/mol. The molecule has 0 aliphatic carbocycles. The van der Waals surface area contributed by atoms with E-state index in [1.807, 2.05) is 0 Å². The fourth-order valence-corrected chi connectivity index (χ4v) is 0.958. The molecule has 2 N–H and O–H groups in total. The zero-order valence-electron chi connectivity index (χ0n) is 6.10. The van der Waals surface area contributed by atoms with Crippen molar-refractivity contribution < 1.29 is 17.9 Å². The number of ether oxygens (including phenoxy) is 1. The lowest BCUT2D eigenvalue weighted by molar-refractivity contribution is -0.0524. The molecule has 1 aromatic rings. The smallest absolute Gasteiger partial charge is 0.388 e. The third-order valence-electron chi connectivity index (χ3n) is 1.17. The maximum absolute atomic E-state index is 12.9. The summed E-state index contributed by atoms with van der Waals surface area (Å²) >= 11 is 2.79. The second-order valence-electron chi connectivity index (χ2n) is 2.02. The number of aromatic nitrogens is 1. The SMILES string of the molecule is Nc1c(OC(F)F)ncc(Br)c1F. The number of hydrogen-bond acceptors (Lipinski definition) is 3. The van der Waals surface area contributed by atoms with Crippen LogP contribution in [0.5, 0.6) is 5.88 Å². The summed E-state index contributed by atoms with van der Waals surface area (Å²) in [7, 11) is 0. The van der Waals surface area contributed by atoms with Gasteiger partial charge in [0.05, 0.1) is 4.47 Å². The first-order valence-corrected chi connectivity index (χ1v) is 3.86. The predicted octanol–water partition coefficient (Wildman–Crippen LogP) is 2.17. The van der Waals surface area contributed by atoms with Crippen LogP contribution in [0.15, 0.2) is 10.7 Å². The molecular formula is C6H4BrF3N2O. The standard InChI is InChI=1S/C6H4BrF3N2O/c7-2-1-12-5(13-6(9)10)4(11)3(2)8/h1,6H,11H2. The van der Waals surface area contributed by atoms with Gasteiger partial charge in [0.25, 0.3) is 0 Å². The number of nitrogens with two attached hydrogens (primary N) is 1. The van der Waals surface area contributed by atoms with Gasteiger partial charge >= 0.3 is 6.61 Å². The minimum absolute atomic E-state index is 0.00776. The molecule has 0 atom stereocenters. The fraction of sp³-hybridized carbons (Fsp3) is 0.167. The lowest BCUT2D eigenvalue weighted by Crippen LogP contribution is -2.07. The second-order valence-corrected chi connectivity index (χ2v) is 2.87. The van der Waals surface area contributed by atoms with E-state index in [-0.39, 0.29) is 4.47 Å². The van der Waals surface area contributed by atoms with E-state index in [1.165, 1.54) is 0 Å². The fourth-order valence-electron chi connectivity index (χ4n) is 0.642. The van der Waals surface area contributed by atoms with E-state index in [4.69, 9.17) is 5.73 Å². The molecule has 0 amide bonds. The molecule has 0 spiro atoms. The second kappa shape index (κ2) is 3.82. The Hall–Kier alpha value is -0.980. The Labute approximate surface area is 79.8 Å². The molecule has 1 aromatic heterocycles. The van der Waals surface area contributed by atoms with E-state index >= 15 is 0 Å². The average Bonchev–Trinajstić information content (AvgIpc) is 2.06. The number of rotatable bonds is 2. The number of nitrogens with zero attached hydrogens (tertiary/aromatic N) is 1. The van der Waals surface area contributed by atoms with Gasteiger partial charge in [-0.2, -0.15) is 8.78 Å². The van der Waals surface area contributed by atoms with Crippen LogP contribution >= 0.6 is 15.9 Å². The van der Waals surface area contributed by atoms with Crippen LogP contribution in [-0.2, 0) is 0 Å². The summed E-state index contributed by atoms with van der Waals surface area (Å²) < 4.78 is 40.1. The summed E-state index contributed by atoms with van der Waals surface area (Å²) in [5.74, 6) is -1.48. The van der Waals surface area contributed by atoms with Crippen molar-refractivity contribution in [3.05, 3.63) is 16.5 Å². The van der Waals surface area contributed by atoms with Gasteiger partial charge in [-0.25, -0.2) is 9.37 Å². The minimum atomic E-state index is -3.07. The Balaban J connectivity index is 3.04. The van der Waals surface area contributed by atoms with E-state index < -0.39 is 24.0 Å². The van der Waals surface area contributed by atoms with Crippen molar-refractivity contribution >= 4 is 21.6 Å². The highest BCUT2D eigenvalue weighted by molar-refractivity contribution is 9.10. The van der Waals surface area contributed by atoms with Gasteiger partial charge in [0.15, 0.2) is 5.82 Å². The van der Waals surface area contributed by atoms with Crippen LogP contribution in [0.1, 0.15) is 0 Å². The molecule has 1 rings (SSSR count). The van der Waals surface area contributed by atoms with Crippen molar-refractivity contribution in [3.63, 3.8) is 0 Å². The molecule has 0 fully saturated rings. The lowest BCUT2D eigenvalue weighted by Gasteiger charge is -2.06. The third-order valence-corrected chi connectivity index (χ3v) is 1.73. The summed E-state index contributed by atoms with van der Waals surface area (Å²) in [5.41, 5.74) is 4.56. The topological polar surface area (TPSA) is 48.1 Å². The van der Waals surface area contributed by atoms with Crippen LogP contribution in [0.3, 0.4) is 0 Å². The summed E-state index contributed by atoms with van der Waals surface area (Å²) in [4.78, 5) is 3.36. The van der Waals surface area contributed by atoms with E-state index in [2.05, 4.69) is 25.7 Å². The van der Waals surface area contributed by atoms with Crippen LogP contribution in [-0.4, -0.2) is 11.6 Å². The molecule has 0 radical (unpaired) electrons. The molecule has 3 nitrogen and oxygen atoms in total. The van der Waals surface area contributed by atoms with Crippen LogP contribution in [0.25, 0.3) is 0 Å². The van der Waals surface area contributed by atoms with Crippen molar-refractivity contribution in [1.29, 1.82) is 0 Å². The Bertz CT molecular complexity index is 321. The zero-order valence-corrected chi connectivity index (χ0v) is 7.69. The molecule has 0 bridgehead atoms. The van der Waals surface area contributed by atoms with Gasteiger partial charge in [0, 0.05) is 6.20 Å². The van der Waals surface area contributed by atoms with Gasteiger partial charge in [-0.3, -0.25) is 0 Å². The predicted molar refractivity (Wildman–Crippen MR) is 42.9 cm³/mol. The zero-order chi connectivity index (χ0) is 10.0. The Kier molecular flexibility index (Phi) is 2.97. The molecule has 0 aliphatic heterocycles. The largest absolute Gasteiger partial charge is 0.415 e. The van der Waals surface area contributed by atoms with E-state index in [9.17, 15) is 13.2 Å². The van der Waals surface area contributed by atoms with Crippen LogP contribution in [0.4, 0.5) is 18.9 Å². The molecule has 0 saturated carbocycles. The Morgan fingerprint density at radius 1 is 1.54 bits per heavy atom. The van der Waals surface area contributed by atoms with E-state index in [0.717, 1.165) is 6.20 Å². The monoisotopic (exact) mass is 256 g/mol. The van der Waals surface area contributed by atoms with Crippen molar-refractivity contribution in [2.75, 3.05) is 5.73 Å². The number of nitrogen functional groups attached to an aromatic ring is 1. The number of alkyl halides is 2. The highest BCUT2D eigenvalue weighted by Gasteiger charge is 2.14. The van der Waals surface area contributed by atoms with Gasteiger partial charge in [0.2, 0.25) is 5.88 Å².